The summed E-state index contributed by atoms with van der Waals surface area (Å²) in [7, 11) is 0. The number of ether oxygens (including phenoxy) is 1. The van der Waals surface area contributed by atoms with Crippen LogP contribution in [-0.2, 0) is 4.74 Å². The van der Waals surface area contributed by atoms with Crippen LogP contribution >= 0.6 is 11.6 Å². The lowest BCUT2D eigenvalue weighted by Gasteiger charge is -2.34. The maximum Gasteiger partial charge on any atom is 0.410 e. The largest absolute Gasteiger partial charge is 0.444 e. The van der Waals surface area contributed by atoms with Crippen LogP contribution in [0.3, 0.4) is 0 Å². The standard InChI is InChI=1S/C15H23ClN4O2/c1-10-8-17-13(19-12(10)16)18-11-6-5-7-20(9-11)14(21)22-15(2,3)4/h8,11H,5-7,9H2,1-4H3,(H,17,18,19). The average molecular weight is 327 g/mol. The molecule has 1 saturated heterocycles. The van der Waals surface area contributed by atoms with Crippen LogP contribution in [-0.4, -0.2) is 45.7 Å². The Hall–Kier alpha value is -1.56. The Balaban J connectivity index is 1.95. The van der Waals surface area contributed by atoms with E-state index in [4.69, 9.17) is 16.3 Å². The van der Waals surface area contributed by atoms with Crippen molar-refractivity contribution >= 4 is 23.6 Å². The van der Waals surface area contributed by atoms with Gasteiger partial charge in [-0.3, -0.25) is 0 Å². The van der Waals surface area contributed by atoms with Gasteiger partial charge in [0.2, 0.25) is 5.95 Å². The van der Waals surface area contributed by atoms with Crippen LogP contribution in [0.4, 0.5) is 10.7 Å². The van der Waals surface area contributed by atoms with Crippen LogP contribution in [0.15, 0.2) is 6.20 Å². The lowest BCUT2D eigenvalue weighted by atomic mass is 10.1. The van der Waals surface area contributed by atoms with Crippen molar-refractivity contribution < 1.29 is 9.53 Å². The van der Waals surface area contributed by atoms with E-state index in [9.17, 15) is 4.79 Å². The van der Waals surface area contributed by atoms with Crippen molar-refractivity contribution in [1.82, 2.24) is 14.9 Å². The van der Waals surface area contributed by atoms with Crippen molar-refractivity contribution in [2.45, 2.75) is 52.2 Å². The van der Waals surface area contributed by atoms with Gasteiger partial charge in [-0.2, -0.15) is 0 Å². The van der Waals surface area contributed by atoms with Gasteiger partial charge in [-0.05, 0) is 40.5 Å². The van der Waals surface area contributed by atoms with Gasteiger partial charge < -0.3 is 15.0 Å². The molecule has 0 bridgehead atoms. The molecule has 6 nitrogen and oxygen atoms in total. The first kappa shape index (κ1) is 16.8. The quantitative estimate of drug-likeness (QED) is 0.845. The van der Waals surface area contributed by atoms with Crippen LogP contribution in [0, 0.1) is 6.92 Å². The zero-order valence-corrected chi connectivity index (χ0v) is 14.3. The minimum Gasteiger partial charge on any atom is -0.444 e. The molecular formula is C15H23ClN4O2. The number of nitrogens with zero attached hydrogens (tertiary/aromatic N) is 3. The van der Waals surface area contributed by atoms with Crippen molar-refractivity contribution in [1.29, 1.82) is 0 Å². The number of piperidine rings is 1. The molecule has 1 amide bonds. The van der Waals surface area contributed by atoms with Crippen LogP contribution in [0.1, 0.15) is 39.2 Å². The molecule has 0 spiro atoms. The van der Waals surface area contributed by atoms with Crippen LogP contribution in [0.5, 0.6) is 0 Å². The molecule has 7 heteroatoms. The number of anilines is 1. The van der Waals surface area contributed by atoms with E-state index in [1.807, 2.05) is 27.7 Å². The molecule has 0 saturated carbocycles. The number of carbonyl (C=O) groups is 1. The van der Waals surface area contributed by atoms with Crippen molar-refractivity contribution in [3.63, 3.8) is 0 Å². The maximum absolute atomic E-state index is 12.1. The molecule has 2 heterocycles. The Kier molecular flexibility index (Phi) is 5.11. The Morgan fingerprint density at radius 2 is 2.23 bits per heavy atom. The molecule has 1 N–H and O–H groups in total. The van der Waals surface area contributed by atoms with Crippen LogP contribution in [0.25, 0.3) is 0 Å². The molecule has 22 heavy (non-hydrogen) atoms. The van der Waals surface area contributed by atoms with Crippen molar-refractivity contribution in [3.8, 4) is 0 Å². The summed E-state index contributed by atoms with van der Waals surface area (Å²) in [6.45, 7) is 8.75. The molecule has 122 valence electrons. The van der Waals surface area contributed by atoms with Crippen LogP contribution < -0.4 is 5.32 Å². The second kappa shape index (κ2) is 6.69. The molecule has 0 aromatic carbocycles. The lowest BCUT2D eigenvalue weighted by molar-refractivity contribution is 0.0206. The zero-order chi connectivity index (χ0) is 16.3. The summed E-state index contributed by atoms with van der Waals surface area (Å²) in [6.07, 6.45) is 3.28. The fraction of sp³-hybridized carbons (Fsp3) is 0.667. The van der Waals surface area contributed by atoms with E-state index in [-0.39, 0.29) is 12.1 Å². The predicted octanol–water partition coefficient (Wildman–Crippen LogP) is 3.25. The first-order valence-electron chi connectivity index (χ1n) is 7.48. The number of carbonyl (C=O) groups excluding carboxylic acids is 1. The van der Waals surface area contributed by atoms with E-state index in [0.29, 0.717) is 24.2 Å². The molecule has 1 aromatic heterocycles. The summed E-state index contributed by atoms with van der Waals surface area (Å²) in [4.78, 5) is 22.3. The van der Waals surface area contributed by atoms with Gasteiger partial charge in [0.15, 0.2) is 0 Å². The Morgan fingerprint density at radius 3 is 2.86 bits per heavy atom. The van der Waals surface area contributed by atoms with E-state index in [1.54, 1.807) is 11.1 Å². The minimum absolute atomic E-state index is 0.0973. The first-order chi connectivity index (χ1) is 10.2. The molecule has 0 aliphatic carbocycles. The van der Waals surface area contributed by atoms with Crippen molar-refractivity contribution in [2.24, 2.45) is 0 Å². The molecule has 1 unspecified atom stereocenters. The number of amides is 1. The topological polar surface area (TPSA) is 67.4 Å². The Bertz CT molecular complexity index is 545. The molecule has 2 rings (SSSR count). The third-order valence-corrected chi connectivity index (χ3v) is 3.70. The van der Waals surface area contributed by atoms with Gasteiger partial charge in [-0.15, -0.1) is 0 Å². The maximum atomic E-state index is 12.1. The van der Waals surface area contributed by atoms with Gasteiger partial charge in [-0.1, -0.05) is 11.6 Å². The third kappa shape index (κ3) is 4.73. The summed E-state index contributed by atoms with van der Waals surface area (Å²) >= 11 is 6.01. The number of halogens is 1. The van der Waals surface area contributed by atoms with Crippen LogP contribution in [0.2, 0.25) is 5.15 Å². The third-order valence-electron chi connectivity index (χ3n) is 3.32. The van der Waals surface area contributed by atoms with Gasteiger partial charge in [0.25, 0.3) is 0 Å². The summed E-state index contributed by atoms with van der Waals surface area (Å²) in [5.41, 5.74) is 0.358. The number of aromatic nitrogens is 2. The van der Waals surface area contributed by atoms with E-state index < -0.39 is 5.60 Å². The van der Waals surface area contributed by atoms with E-state index in [1.165, 1.54) is 0 Å². The molecule has 1 aromatic rings. The van der Waals surface area contributed by atoms with E-state index >= 15 is 0 Å². The number of likely N-dealkylation sites (tertiary alicyclic amines) is 1. The highest BCUT2D eigenvalue weighted by Crippen LogP contribution is 2.18. The van der Waals surface area contributed by atoms with Gasteiger partial charge in [-0.25, -0.2) is 14.8 Å². The molecule has 0 radical (unpaired) electrons. The average Bonchev–Trinajstić information content (AvgIpc) is 2.41. The second-order valence-electron chi connectivity index (χ2n) is 6.58. The lowest BCUT2D eigenvalue weighted by Crippen LogP contribution is -2.47. The fourth-order valence-electron chi connectivity index (χ4n) is 2.26. The van der Waals surface area contributed by atoms with Gasteiger partial charge >= 0.3 is 6.09 Å². The highest BCUT2D eigenvalue weighted by Gasteiger charge is 2.27. The number of rotatable bonds is 2. The minimum atomic E-state index is -0.481. The summed E-state index contributed by atoms with van der Waals surface area (Å²) in [5.74, 6) is 0.492. The number of nitrogens with one attached hydrogen (secondary N) is 1. The molecule has 1 atom stereocenters. The van der Waals surface area contributed by atoms with Crippen molar-refractivity contribution in [2.75, 3.05) is 18.4 Å². The van der Waals surface area contributed by atoms with Gasteiger partial charge in [0.1, 0.15) is 10.8 Å². The smallest absolute Gasteiger partial charge is 0.410 e. The highest BCUT2D eigenvalue weighted by atomic mass is 35.5. The zero-order valence-electron chi connectivity index (χ0n) is 13.5. The second-order valence-corrected chi connectivity index (χ2v) is 6.94. The summed E-state index contributed by atoms with van der Waals surface area (Å²) < 4.78 is 5.42. The molecule has 1 aliphatic rings. The van der Waals surface area contributed by atoms with Gasteiger partial charge in [0.05, 0.1) is 0 Å². The van der Waals surface area contributed by atoms with E-state index in [2.05, 4.69) is 15.3 Å². The molecule has 1 fully saturated rings. The first-order valence-corrected chi connectivity index (χ1v) is 7.86. The fourth-order valence-corrected chi connectivity index (χ4v) is 2.39. The predicted molar refractivity (Wildman–Crippen MR) is 86.2 cm³/mol. The Labute approximate surface area is 136 Å². The number of hydrogen-bond acceptors (Lipinski definition) is 5. The summed E-state index contributed by atoms with van der Waals surface area (Å²) in [6, 6.07) is 0.0973. The van der Waals surface area contributed by atoms with E-state index in [0.717, 1.165) is 18.4 Å². The number of hydrogen-bond donors (Lipinski definition) is 1. The van der Waals surface area contributed by atoms with Gasteiger partial charge in [0, 0.05) is 30.9 Å². The number of aryl methyl sites for hydroxylation is 1. The normalized spacial score (nSPS) is 19.0. The Morgan fingerprint density at radius 1 is 1.50 bits per heavy atom. The highest BCUT2D eigenvalue weighted by molar-refractivity contribution is 6.30. The molecule has 1 aliphatic heterocycles. The molecular weight excluding hydrogens is 304 g/mol. The van der Waals surface area contributed by atoms with Crippen molar-refractivity contribution in [3.05, 3.63) is 16.9 Å². The SMILES string of the molecule is Cc1cnc(NC2CCCN(C(=O)OC(C)(C)C)C2)nc1Cl. The monoisotopic (exact) mass is 326 g/mol. The summed E-state index contributed by atoms with van der Waals surface area (Å²) in [5, 5.41) is 3.68.